The van der Waals surface area contributed by atoms with Gasteiger partial charge in [-0.2, -0.15) is 0 Å². The molecule has 0 aliphatic carbocycles. The number of amides is 3. The quantitative estimate of drug-likeness (QED) is 0.761. The van der Waals surface area contributed by atoms with Crippen molar-refractivity contribution < 1.29 is 19.5 Å². The lowest BCUT2D eigenvalue weighted by atomic mass is 9.99. The second-order valence-corrected chi connectivity index (χ2v) is 4.98. The first-order valence-corrected chi connectivity index (χ1v) is 6.63. The molecule has 2 rings (SSSR count). The molecule has 1 aliphatic rings. The molecule has 7 nitrogen and oxygen atoms in total. The van der Waals surface area contributed by atoms with E-state index in [2.05, 4.69) is 5.32 Å². The zero-order valence-electron chi connectivity index (χ0n) is 11.6. The van der Waals surface area contributed by atoms with Crippen molar-refractivity contribution in [3.63, 3.8) is 0 Å². The zero-order valence-corrected chi connectivity index (χ0v) is 11.6. The van der Waals surface area contributed by atoms with E-state index in [9.17, 15) is 14.4 Å². The number of nitrogens with one attached hydrogen (secondary N) is 1. The number of rotatable bonds is 3. The Bertz CT molecular complexity index is 600. The molecule has 1 unspecified atom stereocenters. The minimum atomic E-state index is -0.998. The number of urea groups is 1. The topological polar surface area (TPSA) is 113 Å². The van der Waals surface area contributed by atoms with Crippen molar-refractivity contribution in [3.8, 4) is 0 Å². The van der Waals surface area contributed by atoms with Gasteiger partial charge in [-0.25, -0.2) is 9.59 Å². The molecule has 0 saturated carbocycles. The Labute approximate surface area is 121 Å². The SMILES string of the molecule is CC(NC(=O)N1CCCc2cc(C(=O)O)ccc21)C(N)=O. The van der Waals surface area contributed by atoms with Gasteiger partial charge in [-0.05, 0) is 43.5 Å². The Kier molecular flexibility index (Phi) is 4.11. The van der Waals surface area contributed by atoms with Gasteiger partial charge in [-0.3, -0.25) is 9.69 Å². The molecule has 1 atom stereocenters. The van der Waals surface area contributed by atoms with E-state index in [1.807, 2.05) is 0 Å². The molecule has 1 aliphatic heterocycles. The molecule has 112 valence electrons. The largest absolute Gasteiger partial charge is 0.478 e. The van der Waals surface area contributed by atoms with E-state index in [0.29, 0.717) is 18.7 Å². The van der Waals surface area contributed by atoms with Crippen molar-refractivity contribution >= 4 is 23.6 Å². The first-order chi connectivity index (χ1) is 9.90. The average Bonchev–Trinajstić information content (AvgIpc) is 2.45. The van der Waals surface area contributed by atoms with Crippen LogP contribution in [0.2, 0.25) is 0 Å². The second-order valence-electron chi connectivity index (χ2n) is 4.98. The standard InChI is InChI=1S/C14H17N3O4/c1-8(12(15)18)16-14(21)17-6-2-3-9-7-10(13(19)20)4-5-11(9)17/h4-5,7-8H,2-3,6H2,1H3,(H2,15,18)(H,16,21)(H,19,20). The van der Waals surface area contributed by atoms with Crippen LogP contribution in [0.4, 0.5) is 10.5 Å². The lowest BCUT2D eigenvalue weighted by Gasteiger charge is -2.30. The van der Waals surface area contributed by atoms with Crippen LogP contribution in [0.25, 0.3) is 0 Å². The predicted molar refractivity (Wildman–Crippen MR) is 76.3 cm³/mol. The molecular formula is C14H17N3O4. The van der Waals surface area contributed by atoms with E-state index in [4.69, 9.17) is 10.8 Å². The van der Waals surface area contributed by atoms with Gasteiger partial charge in [-0.1, -0.05) is 0 Å². The van der Waals surface area contributed by atoms with Gasteiger partial charge in [0.2, 0.25) is 5.91 Å². The lowest BCUT2D eigenvalue weighted by molar-refractivity contribution is -0.119. The van der Waals surface area contributed by atoms with Crippen LogP contribution >= 0.6 is 0 Å². The number of primary amides is 1. The molecule has 21 heavy (non-hydrogen) atoms. The summed E-state index contributed by atoms with van der Waals surface area (Å²) >= 11 is 0. The number of nitrogens with two attached hydrogens (primary N) is 1. The third kappa shape index (κ3) is 3.13. The summed E-state index contributed by atoms with van der Waals surface area (Å²) in [7, 11) is 0. The maximum absolute atomic E-state index is 12.2. The van der Waals surface area contributed by atoms with Crippen LogP contribution < -0.4 is 16.0 Å². The zero-order chi connectivity index (χ0) is 15.6. The number of hydrogen-bond donors (Lipinski definition) is 3. The summed E-state index contributed by atoms with van der Waals surface area (Å²) in [6.45, 7) is 2.02. The second kappa shape index (κ2) is 5.82. The molecule has 0 radical (unpaired) electrons. The summed E-state index contributed by atoms with van der Waals surface area (Å²) in [5, 5.41) is 11.5. The Morgan fingerprint density at radius 1 is 1.38 bits per heavy atom. The summed E-state index contributed by atoms with van der Waals surface area (Å²) in [4.78, 5) is 35.7. The molecule has 4 N–H and O–H groups in total. The first-order valence-electron chi connectivity index (χ1n) is 6.63. The van der Waals surface area contributed by atoms with Gasteiger partial charge in [-0.15, -0.1) is 0 Å². The summed E-state index contributed by atoms with van der Waals surface area (Å²) in [6.07, 6.45) is 1.44. The third-order valence-electron chi connectivity index (χ3n) is 3.46. The number of carboxylic acids is 1. The molecular weight excluding hydrogens is 274 g/mol. The van der Waals surface area contributed by atoms with Crippen LogP contribution in [0.15, 0.2) is 18.2 Å². The monoisotopic (exact) mass is 291 g/mol. The molecule has 0 spiro atoms. The number of anilines is 1. The van der Waals surface area contributed by atoms with Crippen molar-refractivity contribution in [2.75, 3.05) is 11.4 Å². The highest BCUT2D eigenvalue weighted by molar-refractivity contribution is 5.97. The first kappa shape index (κ1) is 14.8. The Hall–Kier alpha value is -2.57. The molecule has 0 saturated heterocycles. The highest BCUT2D eigenvalue weighted by atomic mass is 16.4. The van der Waals surface area contributed by atoms with E-state index < -0.39 is 23.9 Å². The molecule has 1 aromatic rings. The van der Waals surface area contributed by atoms with Gasteiger partial charge in [0.1, 0.15) is 6.04 Å². The van der Waals surface area contributed by atoms with Crippen LogP contribution in [-0.4, -0.2) is 35.6 Å². The molecule has 0 bridgehead atoms. The normalized spacial score (nSPS) is 15.0. The number of aryl methyl sites for hydroxylation is 1. The van der Waals surface area contributed by atoms with Gasteiger partial charge in [0.15, 0.2) is 0 Å². The number of nitrogens with zero attached hydrogens (tertiary/aromatic N) is 1. The van der Waals surface area contributed by atoms with E-state index >= 15 is 0 Å². The summed E-state index contributed by atoms with van der Waals surface area (Å²) in [6, 6.07) is 3.48. The van der Waals surface area contributed by atoms with E-state index in [-0.39, 0.29) is 5.56 Å². The fraction of sp³-hybridized carbons (Fsp3) is 0.357. The smallest absolute Gasteiger partial charge is 0.335 e. The number of benzene rings is 1. The Balaban J connectivity index is 2.24. The predicted octanol–water partition coefficient (Wildman–Crippen LogP) is 0.721. The van der Waals surface area contributed by atoms with Gasteiger partial charge < -0.3 is 16.2 Å². The van der Waals surface area contributed by atoms with Gasteiger partial charge in [0.05, 0.1) is 5.56 Å². The highest BCUT2D eigenvalue weighted by Crippen LogP contribution is 2.28. The molecule has 7 heteroatoms. The fourth-order valence-corrected chi connectivity index (χ4v) is 2.28. The molecule has 0 fully saturated rings. The van der Waals surface area contributed by atoms with Crippen molar-refractivity contribution in [2.24, 2.45) is 5.73 Å². The van der Waals surface area contributed by atoms with Crippen LogP contribution in [0.1, 0.15) is 29.3 Å². The number of carbonyl (C=O) groups is 3. The Morgan fingerprint density at radius 2 is 2.10 bits per heavy atom. The van der Waals surface area contributed by atoms with Crippen LogP contribution in [0, 0.1) is 0 Å². The highest BCUT2D eigenvalue weighted by Gasteiger charge is 2.25. The number of aromatic carboxylic acids is 1. The van der Waals surface area contributed by atoms with Crippen LogP contribution in [0.5, 0.6) is 0 Å². The molecule has 1 heterocycles. The number of carboxylic acid groups (broad SMARTS) is 1. The molecule has 3 amide bonds. The number of fused-ring (bicyclic) bond motifs is 1. The summed E-state index contributed by atoms with van der Waals surface area (Å²) < 4.78 is 0. The average molecular weight is 291 g/mol. The summed E-state index contributed by atoms with van der Waals surface area (Å²) in [5.74, 6) is -1.61. The minimum Gasteiger partial charge on any atom is -0.478 e. The van der Waals surface area contributed by atoms with E-state index in [1.54, 1.807) is 12.1 Å². The van der Waals surface area contributed by atoms with Crippen molar-refractivity contribution in [1.82, 2.24) is 5.32 Å². The molecule has 0 aromatic heterocycles. The fourth-order valence-electron chi connectivity index (χ4n) is 2.28. The Morgan fingerprint density at radius 3 is 2.71 bits per heavy atom. The van der Waals surface area contributed by atoms with Gasteiger partial charge in [0.25, 0.3) is 0 Å². The van der Waals surface area contributed by atoms with Gasteiger partial charge >= 0.3 is 12.0 Å². The maximum atomic E-state index is 12.2. The lowest BCUT2D eigenvalue weighted by Crippen LogP contribution is -2.50. The number of carbonyl (C=O) groups excluding carboxylic acids is 2. The van der Waals surface area contributed by atoms with Gasteiger partial charge in [0, 0.05) is 12.2 Å². The van der Waals surface area contributed by atoms with Crippen molar-refractivity contribution in [3.05, 3.63) is 29.3 Å². The van der Waals surface area contributed by atoms with E-state index in [1.165, 1.54) is 17.9 Å². The third-order valence-corrected chi connectivity index (χ3v) is 3.46. The van der Waals surface area contributed by atoms with Crippen molar-refractivity contribution in [2.45, 2.75) is 25.8 Å². The van der Waals surface area contributed by atoms with Crippen molar-refractivity contribution in [1.29, 1.82) is 0 Å². The molecule has 1 aromatic carbocycles. The number of hydrogen-bond acceptors (Lipinski definition) is 3. The summed E-state index contributed by atoms with van der Waals surface area (Å²) in [5.41, 5.74) is 6.80. The van der Waals surface area contributed by atoms with E-state index in [0.717, 1.165) is 12.0 Å². The maximum Gasteiger partial charge on any atom is 0.335 e. The van der Waals surface area contributed by atoms with Crippen LogP contribution in [-0.2, 0) is 11.2 Å². The minimum absolute atomic E-state index is 0.196. The van der Waals surface area contributed by atoms with Crippen LogP contribution in [0.3, 0.4) is 0 Å².